The molecule has 0 saturated carbocycles. The summed E-state index contributed by atoms with van der Waals surface area (Å²) >= 11 is 0. The fraction of sp³-hybridized carbons (Fsp3) is 0.917. The van der Waals surface area contributed by atoms with Gasteiger partial charge >= 0.3 is 5.97 Å². The molecule has 12 nitrogen and oxygen atoms in total. The topological polar surface area (TPSA) is 218 Å². The van der Waals surface area contributed by atoms with Crippen LogP contribution in [-0.2, 0) is 14.3 Å². The minimum absolute atomic E-state index is 0.781. The molecule has 0 amide bonds. The van der Waals surface area contributed by atoms with Crippen LogP contribution in [0.15, 0.2) is 0 Å². The Hall–Kier alpha value is -0.930. The van der Waals surface area contributed by atoms with Crippen molar-refractivity contribution in [3.63, 3.8) is 0 Å². The Morgan fingerprint density at radius 2 is 1.58 bits per heavy atom. The van der Waals surface area contributed by atoms with Gasteiger partial charge in [0.25, 0.3) is 0 Å². The van der Waals surface area contributed by atoms with E-state index in [0.29, 0.717) is 0 Å². The highest BCUT2D eigenvalue weighted by Gasteiger charge is 2.47. The largest absolute Gasteiger partial charge is 0.479 e. The van der Waals surface area contributed by atoms with E-state index in [-0.39, 0.29) is 0 Å². The summed E-state index contributed by atoms with van der Waals surface area (Å²) in [5.74, 6) is -1.80. The lowest BCUT2D eigenvalue weighted by molar-refractivity contribution is -0.318. The van der Waals surface area contributed by atoms with Crippen LogP contribution in [-0.4, -0.2) is 120 Å². The molecule has 24 heavy (non-hydrogen) atoms. The number of carbonyl (C=O) groups is 1. The van der Waals surface area contributed by atoms with Crippen LogP contribution in [0.4, 0.5) is 0 Å². The van der Waals surface area contributed by atoms with Crippen LogP contribution >= 0.6 is 0 Å². The van der Waals surface area contributed by atoms with Crippen molar-refractivity contribution in [3.8, 4) is 0 Å². The van der Waals surface area contributed by atoms with Gasteiger partial charge in [-0.05, 0) is 0 Å². The first-order chi connectivity index (χ1) is 11.1. The molecule has 0 spiro atoms. The molecule has 9 N–H and O–H groups in total. The second-order valence-electron chi connectivity index (χ2n) is 5.32. The first-order valence-corrected chi connectivity index (χ1v) is 6.99. The molecule has 1 fully saturated rings. The van der Waals surface area contributed by atoms with Crippen LogP contribution in [0, 0.1) is 0 Å². The van der Waals surface area contributed by atoms with Crippen molar-refractivity contribution in [1.82, 2.24) is 0 Å². The zero-order chi connectivity index (χ0) is 18.6. The van der Waals surface area contributed by atoms with Crippen LogP contribution < -0.4 is 0 Å². The molecule has 1 rings (SSSR count). The van der Waals surface area contributed by atoms with Gasteiger partial charge in [-0.1, -0.05) is 0 Å². The molecule has 0 aromatic heterocycles. The SMILES string of the molecule is O=C(O)[C@H](OC1O[C@H](CO)[C@H](O)[C@H](O)[C@H]1O)[C@@H](O)[C@H](O)[C@H](O)CO. The van der Waals surface area contributed by atoms with Crippen LogP contribution in [0.3, 0.4) is 0 Å². The number of hydrogen-bond acceptors (Lipinski definition) is 11. The van der Waals surface area contributed by atoms with Gasteiger partial charge in [0.2, 0.25) is 0 Å². The fourth-order valence-electron chi connectivity index (χ4n) is 2.12. The number of ether oxygens (including phenoxy) is 2. The molecule has 9 atom stereocenters. The molecule has 1 heterocycles. The molecule has 0 aromatic carbocycles. The lowest BCUT2D eigenvalue weighted by Crippen LogP contribution is -2.61. The molecular formula is C12H22O12. The molecule has 12 heteroatoms. The van der Waals surface area contributed by atoms with Gasteiger partial charge < -0.3 is 55.4 Å². The van der Waals surface area contributed by atoms with Gasteiger partial charge in [0, 0.05) is 0 Å². The summed E-state index contributed by atoms with van der Waals surface area (Å²) in [4.78, 5) is 11.2. The highest BCUT2D eigenvalue weighted by atomic mass is 16.7. The summed E-state index contributed by atoms with van der Waals surface area (Å²) in [5, 5.41) is 84.3. The van der Waals surface area contributed by atoms with E-state index in [4.69, 9.17) is 24.8 Å². The average molecular weight is 358 g/mol. The summed E-state index contributed by atoms with van der Waals surface area (Å²) in [7, 11) is 0. The molecule has 0 radical (unpaired) electrons. The normalized spacial score (nSPS) is 35.9. The quantitative estimate of drug-likeness (QED) is 0.198. The Kier molecular flexibility index (Phi) is 7.88. The van der Waals surface area contributed by atoms with E-state index in [2.05, 4.69) is 0 Å². The molecular weight excluding hydrogens is 336 g/mol. The second-order valence-corrected chi connectivity index (χ2v) is 5.32. The number of carboxylic acid groups (broad SMARTS) is 1. The van der Waals surface area contributed by atoms with Crippen LogP contribution in [0.2, 0.25) is 0 Å². The third-order valence-corrected chi connectivity index (χ3v) is 3.61. The van der Waals surface area contributed by atoms with E-state index in [1.807, 2.05) is 0 Å². The second kappa shape index (κ2) is 8.96. The van der Waals surface area contributed by atoms with E-state index in [1.54, 1.807) is 0 Å². The van der Waals surface area contributed by atoms with E-state index in [9.17, 15) is 35.4 Å². The zero-order valence-corrected chi connectivity index (χ0v) is 12.4. The first-order valence-electron chi connectivity index (χ1n) is 6.99. The molecule has 0 aliphatic carbocycles. The van der Waals surface area contributed by atoms with Gasteiger partial charge in [-0.3, -0.25) is 0 Å². The Bertz CT molecular complexity index is 403. The molecule has 1 unspecified atom stereocenters. The Morgan fingerprint density at radius 3 is 2.04 bits per heavy atom. The molecule has 0 bridgehead atoms. The molecule has 1 saturated heterocycles. The number of aliphatic hydroxyl groups excluding tert-OH is 8. The van der Waals surface area contributed by atoms with Crippen molar-refractivity contribution < 1.29 is 60.2 Å². The average Bonchev–Trinajstić information content (AvgIpc) is 2.56. The summed E-state index contributed by atoms with van der Waals surface area (Å²) in [6.45, 7) is -1.75. The molecule has 1 aliphatic heterocycles. The van der Waals surface area contributed by atoms with Gasteiger partial charge in [0.1, 0.15) is 42.7 Å². The van der Waals surface area contributed by atoms with Gasteiger partial charge in [0.15, 0.2) is 12.4 Å². The van der Waals surface area contributed by atoms with Crippen LogP contribution in [0.25, 0.3) is 0 Å². The summed E-state index contributed by atoms with van der Waals surface area (Å²) in [5.41, 5.74) is 0. The molecule has 142 valence electrons. The Balaban J connectivity index is 2.89. The number of aliphatic hydroxyl groups is 8. The molecule has 1 aliphatic rings. The van der Waals surface area contributed by atoms with E-state index in [0.717, 1.165) is 0 Å². The van der Waals surface area contributed by atoms with Gasteiger partial charge in [-0.15, -0.1) is 0 Å². The maximum Gasteiger partial charge on any atom is 0.335 e. The number of hydrogen-bond donors (Lipinski definition) is 9. The van der Waals surface area contributed by atoms with E-state index in [1.165, 1.54) is 0 Å². The van der Waals surface area contributed by atoms with Gasteiger partial charge in [-0.25, -0.2) is 4.79 Å². The number of carboxylic acids is 1. The Labute approximate surface area is 135 Å². The van der Waals surface area contributed by atoms with Crippen LogP contribution in [0.5, 0.6) is 0 Å². The Morgan fingerprint density at radius 1 is 1.00 bits per heavy atom. The standard InChI is InChI=1S/C12H22O12/c13-1-3(15)5(16)8(19)10(11(21)22)24-12-9(20)7(18)6(17)4(2-14)23-12/h3-10,12-20H,1-2H2,(H,21,22)/t3-,4-,5-,6+,7+,8+,9-,10-,12?/m1/s1. The van der Waals surface area contributed by atoms with Crippen LogP contribution in [0.1, 0.15) is 0 Å². The summed E-state index contributed by atoms with van der Waals surface area (Å²) in [6.07, 6.45) is -17.1. The zero-order valence-electron chi connectivity index (χ0n) is 12.4. The predicted octanol–water partition coefficient (Wildman–Crippen LogP) is -5.67. The van der Waals surface area contributed by atoms with Crippen molar-refractivity contribution >= 4 is 5.97 Å². The van der Waals surface area contributed by atoms with Crippen molar-refractivity contribution in [2.75, 3.05) is 13.2 Å². The highest BCUT2D eigenvalue weighted by molar-refractivity contribution is 5.73. The maximum atomic E-state index is 11.2. The van der Waals surface area contributed by atoms with E-state index < -0.39 is 74.3 Å². The molecule has 0 aromatic rings. The first kappa shape index (κ1) is 21.1. The van der Waals surface area contributed by atoms with Crippen molar-refractivity contribution in [2.24, 2.45) is 0 Å². The van der Waals surface area contributed by atoms with Gasteiger partial charge in [-0.2, -0.15) is 0 Å². The number of rotatable bonds is 8. The van der Waals surface area contributed by atoms with Crippen molar-refractivity contribution in [2.45, 2.75) is 55.1 Å². The monoisotopic (exact) mass is 358 g/mol. The third kappa shape index (κ3) is 4.58. The van der Waals surface area contributed by atoms with Gasteiger partial charge in [0.05, 0.1) is 13.2 Å². The smallest absolute Gasteiger partial charge is 0.335 e. The predicted molar refractivity (Wildman–Crippen MR) is 71.4 cm³/mol. The van der Waals surface area contributed by atoms with Crippen molar-refractivity contribution in [3.05, 3.63) is 0 Å². The summed E-state index contributed by atoms with van der Waals surface area (Å²) < 4.78 is 9.76. The highest BCUT2D eigenvalue weighted by Crippen LogP contribution is 2.24. The lowest BCUT2D eigenvalue weighted by atomic mass is 9.99. The van der Waals surface area contributed by atoms with Crippen molar-refractivity contribution in [1.29, 1.82) is 0 Å². The van der Waals surface area contributed by atoms with E-state index >= 15 is 0 Å². The minimum Gasteiger partial charge on any atom is -0.479 e. The third-order valence-electron chi connectivity index (χ3n) is 3.61. The maximum absolute atomic E-state index is 11.2. The number of aliphatic carboxylic acids is 1. The summed E-state index contributed by atoms with van der Waals surface area (Å²) in [6, 6.07) is 0. The fourth-order valence-corrected chi connectivity index (χ4v) is 2.12. The lowest BCUT2D eigenvalue weighted by Gasteiger charge is -2.41. The minimum atomic E-state index is -2.22.